The minimum Gasteiger partial charge on any atom is -0.456 e. The van der Waals surface area contributed by atoms with Crippen LogP contribution >= 0.6 is 0 Å². The van der Waals surface area contributed by atoms with Crippen molar-refractivity contribution >= 4 is 23.7 Å². The third-order valence-electron chi connectivity index (χ3n) is 11.3. The van der Waals surface area contributed by atoms with E-state index in [-0.39, 0.29) is 53.8 Å². The number of ether oxygens (including phenoxy) is 1. The van der Waals surface area contributed by atoms with Crippen molar-refractivity contribution in [3.05, 3.63) is 35.4 Å². The zero-order valence-corrected chi connectivity index (χ0v) is 30.4. The predicted octanol–water partition coefficient (Wildman–Crippen LogP) is 4.17. The van der Waals surface area contributed by atoms with Gasteiger partial charge in [-0.2, -0.15) is 0 Å². The van der Waals surface area contributed by atoms with Crippen molar-refractivity contribution in [3.63, 3.8) is 0 Å². The van der Waals surface area contributed by atoms with Crippen LogP contribution in [0.1, 0.15) is 103 Å². The van der Waals surface area contributed by atoms with E-state index in [0.29, 0.717) is 19.5 Å². The number of likely N-dealkylation sites (tertiary alicyclic amines) is 3. The van der Waals surface area contributed by atoms with Crippen LogP contribution in [-0.4, -0.2) is 114 Å². The molecule has 4 aliphatic rings. The van der Waals surface area contributed by atoms with Crippen LogP contribution in [0, 0.1) is 11.3 Å². The van der Waals surface area contributed by atoms with Gasteiger partial charge in [0.05, 0.1) is 12.1 Å². The first-order valence-electron chi connectivity index (χ1n) is 18.4. The maximum Gasteiger partial charge on any atom is 0.329 e. The number of esters is 1. The average Bonchev–Trinajstić information content (AvgIpc) is 3.81. The monoisotopic (exact) mass is 665 g/mol. The lowest BCUT2D eigenvalue weighted by Gasteiger charge is -2.41. The minimum atomic E-state index is -0.675. The van der Waals surface area contributed by atoms with Gasteiger partial charge in [0, 0.05) is 26.2 Å². The number of fused-ring (bicyclic) bond motifs is 1. The Morgan fingerprint density at radius 3 is 2.31 bits per heavy atom. The molecule has 3 unspecified atom stereocenters. The standard InChI is InChI=1S/C38H59N5O5/c1-25(2)31(41(7)36(46)33(38(3,4)5)39-34(44)28-16-10-11-21-40(28)6)24-42-22-12-17-29(42)35(45)43-23-13-18-30(43)37(47)48-32-20-19-26-14-8-9-15-27(26)32/h8-9,14-15,25,28-33H,10-13,16-24H2,1-7H3,(H,39,44)/t28?,29?,30?,31-,32+,33-/m1/s1. The number of carbonyl (C=O) groups excluding carboxylic acids is 4. The van der Waals surface area contributed by atoms with Crippen LogP contribution in [0.25, 0.3) is 0 Å². The van der Waals surface area contributed by atoms with Gasteiger partial charge in [0.1, 0.15) is 18.2 Å². The fourth-order valence-electron chi connectivity index (χ4n) is 8.33. The molecule has 48 heavy (non-hydrogen) atoms. The van der Waals surface area contributed by atoms with Gasteiger partial charge in [-0.1, -0.05) is 65.3 Å². The van der Waals surface area contributed by atoms with Crippen LogP contribution in [0.15, 0.2) is 24.3 Å². The Kier molecular flexibility index (Phi) is 11.6. The molecule has 266 valence electrons. The summed E-state index contributed by atoms with van der Waals surface area (Å²) in [7, 11) is 3.82. The van der Waals surface area contributed by atoms with Crippen LogP contribution in [0.3, 0.4) is 0 Å². The fourth-order valence-corrected chi connectivity index (χ4v) is 8.33. The molecule has 0 bridgehead atoms. The zero-order valence-electron chi connectivity index (χ0n) is 30.4. The number of rotatable bonds is 10. The van der Waals surface area contributed by atoms with Crippen LogP contribution in [0.2, 0.25) is 0 Å². The van der Waals surface area contributed by atoms with Gasteiger partial charge in [-0.25, -0.2) is 4.79 Å². The Hall–Kier alpha value is -2.98. The van der Waals surface area contributed by atoms with E-state index in [0.717, 1.165) is 70.0 Å². The summed E-state index contributed by atoms with van der Waals surface area (Å²) in [5, 5.41) is 3.15. The average molecular weight is 666 g/mol. The number of aryl methyl sites for hydroxylation is 1. The molecule has 1 aliphatic carbocycles. The molecule has 1 aromatic carbocycles. The lowest BCUT2D eigenvalue weighted by molar-refractivity contribution is -0.159. The summed E-state index contributed by atoms with van der Waals surface area (Å²) in [6.45, 7) is 13.0. The van der Waals surface area contributed by atoms with Gasteiger partial charge < -0.3 is 19.9 Å². The van der Waals surface area contributed by atoms with E-state index in [1.807, 2.05) is 53.1 Å². The summed E-state index contributed by atoms with van der Waals surface area (Å²) >= 11 is 0. The number of nitrogens with zero attached hydrogens (tertiary/aromatic N) is 4. The fraction of sp³-hybridized carbons (Fsp3) is 0.737. The topological polar surface area (TPSA) is 103 Å². The number of amides is 3. The summed E-state index contributed by atoms with van der Waals surface area (Å²) in [6.07, 6.45) is 7.33. The molecular formula is C38H59N5O5. The summed E-state index contributed by atoms with van der Waals surface area (Å²) < 4.78 is 6.04. The number of nitrogens with one attached hydrogen (secondary N) is 1. The Balaban J connectivity index is 1.24. The first-order valence-corrected chi connectivity index (χ1v) is 18.4. The molecule has 0 radical (unpaired) electrons. The van der Waals surface area contributed by atoms with Gasteiger partial charge >= 0.3 is 5.97 Å². The third-order valence-corrected chi connectivity index (χ3v) is 11.3. The molecule has 3 amide bonds. The Morgan fingerprint density at radius 2 is 1.60 bits per heavy atom. The van der Waals surface area contributed by atoms with Crippen molar-refractivity contribution < 1.29 is 23.9 Å². The minimum absolute atomic E-state index is 0.00769. The molecule has 0 saturated carbocycles. The second-order valence-corrected chi connectivity index (χ2v) is 16.1. The first kappa shape index (κ1) is 36.3. The second kappa shape index (κ2) is 15.3. The van der Waals surface area contributed by atoms with Crippen molar-refractivity contribution in [2.75, 3.05) is 40.3 Å². The van der Waals surface area contributed by atoms with Crippen molar-refractivity contribution in [2.45, 2.75) is 129 Å². The SMILES string of the molecule is CC(C)[C@@H](CN1CCCC1C(=O)N1CCCC1C(=O)O[C@H]1CCc2ccccc21)N(C)C(=O)[C@@H](NC(=O)C1CCCCN1C)C(C)(C)C. The molecule has 3 fully saturated rings. The normalized spacial score (nSPS) is 26.3. The summed E-state index contributed by atoms with van der Waals surface area (Å²) in [6, 6.07) is 6.17. The highest BCUT2D eigenvalue weighted by atomic mass is 16.5. The van der Waals surface area contributed by atoms with Crippen LogP contribution in [-0.2, 0) is 30.3 Å². The lowest BCUT2D eigenvalue weighted by atomic mass is 9.84. The highest BCUT2D eigenvalue weighted by Crippen LogP contribution is 2.35. The molecule has 10 nitrogen and oxygen atoms in total. The number of piperidine rings is 1. The van der Waals surface area contributed by atoms with Gasteiger partial charge in [0.2, 0.25) is 17.7 Å². The van der Waals surface area contributed by atoms with Gasteiger partial charge in [-0.15, -0.1) is 0 Å². The largest absolute Gasteiger partial charge is 0.456 e. The maximum absolute atomic E-state index is 14.2. The number of benzene rings is 1. The molecule has 6 atom stereocenters. The summed E-state index contributed by atoms with van der Waals surface area (Å²) in [5.41, 5.74) is 1.83. The summed E-state index contributed by atoms with van der Waals surface area (Å²) in [4.78, 5) is 63.2. The highest BCUT2D eigenvalue weighted by molar-refractivity contribution is 5.91. The molecule has 1 aromatic rings. The third kappa shape index (κ3) is 7.91. The molecule has 5 rings (SSSR count). The van der Waals surface area contributed by atoms with Crippen molar-refractivity contribution in [2.24, 2.45) is 11.3 Å². The maximum atomic E-state index is 14.2. The quantitative estimate of drug-likeness (QED) is 0.375. The van der Waals surface area contributed by atoms with Gasteiger partial charge in [0.25, 0.3) is 0 Å². The molecule has 0 spiro atoms. The van der Waals surface area contributed by atoms with Crippen molar-refractivity contribution in [3.8, 4) is 0 Å². The smallest absolute Gasteiger partial charge is 0.329 e. The number of carbonyl (C=O) groups is 4. The van der Waals surface area contributed by atoms with Crippen LogP contribution in [0.5, 0.6) is 0 Å². The second-order valence-electron chi connectivity index (χ2n) is 16.1. The number of hydrogen-bond acceptors (Lipinski definition) is 7. The molecule has 0 aromatic heterocycles. The van der Waals surface area contributed by atoms with Gasteiger partial charge in [-0.3, -0.25) is 24.2 Å². The lowest BCUT2D eigenvalue weighted by Crippen LogP contribution is -2.61. The molecule has 10 heteroatoms. The van der Waals surface area contributed by atoms with E-state index in [9.17, 15) is 19.2 Å². The number of likely N-dealkylation sites (N-methyl/N-ethyl adjacent to an activating group) is 2. The van der Waals surface area contributed by atoms with Crippen LogP contribution < -0.4 is 5.32 Å². The van der Waals surface area contributed by atoms with E-state index in [4.69, 9.17) is 4.74 Å². The Labute approximate surface area is 287 Å². The molecule has 1 N–H and O–H groups in total. The van der Waals surface area contributed by atoms with E-state index in [2.05, 4.69) is 35.0 Å². The van der Waals surface area contributed by atoms with Crippen LogP contribution in [0.4, 0.5) is 0 Å². The van der Waals surface area contributed by atoms with Gasteiger partial charge in [0.15, 0.2) is 0 Å². The number of hydrogen-bond donors (Lipinski definition) is 1. The Bertz CT molecular complexity index is 1330. The van der Waals surface area contributed by atoms with Gasteiger partial charge in [-0.05, 0) is 94.0 Å². The molecular weight excluding hydrogens is 606 g/mol. The van der Waals surface area contributed by atoms with E-state index >= 15 is 0 Å². The first-order chi connectivity index (χ1) is 22.8. The molecule has 3 saturated heterocycles. The highest BCUT2D eigenvalue weighted by Gasteiger charge is 2.44. The Morgan fingerprint density at radius 1 is 0.917 bits per heavy atom. The van der Waals surface area contributed by atoms with E-state index in [1.165, 1.54) is 5.56 Å². The molecule has 3 heterocycles. The zero-order chi connectivity index (χ0) is 34.7. The summed E-state index contributed by atoms with van der Waals surface area (Å²) in [5.74, 6) is -0.370. The molecule has 3 aliphatic heterocycles. The van der Waals surface area contributed by atoms with E-state index in [1.54, 1.807) is 9.80 Å². The van der Waals surface area contributed by atoms with E-state index < -0.39 is 17.5 Å². The van der Waals surface area contributed by atoms with Crippen molar-refractivity contribution in [1.82, 2.24) is 24.9 Å². The predicted molar refractivity (Wildman–Crippen MR) is 186 cm³/mol. The van der Waals surface area contributed by atoms with Crippen molar-refractivity contribution in [1.29, 1.82) is 0 Å².